The van der Waals surface area contributed by atoms with Crippen molar-refractivity contribution < 1.29 is 47.5 Å². The number of para-hydroxylation sites is 1. The second-order valence-electron chi connectivity index (χ2n) is 12.6. The van der Waals surface area contributed by atoms with Crippen LogP contribution in [-0.4, -0.2) is 91.5 Å². The molecule has 5 heterocycles. The molecule has 2 aromatic heterocycles. The lowest BCUT2D eigenvalue weighted by Crippen LogP contribution is -2.47. The van der Waals surface area contributed by atoms with Gasteiger partial charge in [-0.3, -0.25) is 9.59 Å². The Hall–Kier alpha value is -3.63. The molecule has 15 heteroatoms. The van der Waals surface area contributed by atoms with Crippen molar-refractivity contribution in [2.45, 2.75) is 69.5 Å². The smallest absolute Gasteiger partial charge is 0.463 e. The molecule has 52 heavy (non-hydrogen) atoms. The van der Waals surface area contributed by atoms with Crippen molar-refractivity contribution in [3.63, 3.8) is 0 Å². The molecule has 6 rings (SSSR count). The van der Waals surface area contributed by atoms with Gasteiger partial charge >= 0.3 is 18.1 Å². The Bertz CT molecular complexity index is 1800. The van der Waals surface area contributed by atoms with Crippen molar-refractivity contribution in [3.05, 3.63) is 63.4 Å². The average molecular weight is 757 g/mol. The molecule has 0 N–H and O–H groups in total. The lowest BCUT2D eigenvalue weighted by atomic mass is 9.85. The van der Waals surface area contributed by atoms with E-state index in [-0.39, 0.29) is 62.1 Å². The van der Waals surface area contributed by atoms with E-state index in [0.717, 1.165) is 41.0 Å². The van der Waals surface area contributed by atoms with Crippen LogP contribution >= 0.6 is 21.6 Å². The maximum atomic E-state index is 13.7. The molecule has 1 fully saturated rings. The monoisotopic (exact) mass is 756 g/mol. The first kappa shape index (κ1) is 38.1. The molecule has 13 nitrogen and oxygen atoms in total. The van der Waals surface area contributed by atoms with Gasteiger partial charge in [0.05, 0.1) is 68.7 Å². The zero-order valence-corrected chi connectivity index (χ0v) is 30.9. The summed E-state index contributed by atoms with van der Waals surface area (Å²) in [6, 6.07) is 11.4. The molecular formula is C37H44N2O11S2. The Morgan fingerprint density at radius 1 is 0.962 bits per heavy atom. The molecule has 2 atom stereocenters. The first-order valence-corrected chi connectivity index (χ1v) is 20.1. The number of carbonyl (C=O) groups is 3. The quantitative estimate of drug-likeness (QED) is 0.0509. The largest absolute Gasteiger partial charge is 0.509 e. The number of aromatic nitrogens is 2. The van der Waals surface area contributed by atoms with Gasteiger partial charge in [0, 0.05) is 33.9 Å². The molecule has 0 spiro atoms. The first-order valence-electron chi connectivity index (χ1n) is 17.8. The molecule has 0 saturated carbocycles. The van der Waals surface area contributed by atoms with Crippen molar-refractivity contribution in [1.29, 1.82) is 0 Å². The molecule has 280 valence electrons. The summed E-state index contributed by atoms with van der Waals surface area (Å²) in [5, 5.41) is 1.69. The SMILES string of the molecule is CC[C@@]1(OC(=O)OCCOCCOCCOCCOC(=O)CCCCC2CCSS2)C(=O)OCc2c1cc1n(c2=O)Cc2cc3ccccc3nc2-1. The van der Waals surface area contributed by atoms with Crippen LogP contribution < -0.4 is 5.56 Å². The molecule has 1 unspecified atom stereocenters. The molecule has 0 aliphatic carbocycles. The Morgan fingerprint density at radius 2 is 1.69 bits per heavy atom. The zero-order chi connectivity index (χ0) is 36.3. The number of nitrogens with zero attached hydrogens (tertiary/aromatic N) is 2. The minimum absolute atomic E-state index is 0.0245. The fraction of sp³-hybridized carbons (Fsp3) is 0.541. The second-order valence-corrected chi connectivity index (χ2v) is 15.4. The van der Waals surface area contributed by atoms with Gasteiger partial charge in [-0.2, -0.15) is 0 Å². The highest BCUT2D eigenvalue weighted by Gasteiger charge is 2.51. The fourth-order valence-electron chi connectivity index (χ4n) is 6.47. The van der Waals surface area contributed by atoms with Gasteiger partial charge in [-0.25, -0.2) is 14.6 Å². The van der Waals surface area contributed by atoms with E-state index in [4.69, 9.17) is 38.1 Å². The van der Waals surface area contributed by atoms with E-state index in [1.54, 1.807) is 17.6 Å². The number of carbonyl (C=O) groups excluding carboxylic acids is 3. The molecule has 3 aromatic rings. The lowest BCUT2D eigenvalue weighted by molar-refractivity contribution is -0.175. The standard InChI is InChI=1S/C37H44N2O11S2/c1-2-37(29-22-31-33-26(21-25-7-3-5-9-30(25)38-33)23-39(31)34(41)28(29)24-49-35(37)42)50-36(43)48-19-17-46-15-13-44-12-14-45-16-18-47-32(40)10-6-4-8-27-11-20-51-52-27/h3,5,7,9,21-22,27H,2,4,6,8,10-20,23-24H2,1H3/t27?,37-/m0/s1. The van der Waals surface area contributed by atoms with Gasteiger partial charge in [0.25, 0.3) is 5.56 Å². The van der Waals surface area contributed by atoms with Crippen LogP contribution in [0.15, 0.2) is 41.2 Å². The Labute approximate surface area is 309 Å². The number of ether oxygens (including phenoxy) is 7. The number of benzene rings is 1. The first-order chi connectivity index (χ1) is 25.4. The maximum absolute atomic E-state index is 13.7. The third-order valence-electron chi connectivity index (χ3n) is 9.21. The van der Waals surface area contributed by atoms with Gasteiger partial charge < -0.3 is 37.7 Å². The second kappa shape index (κ2) is 18.4. The van der Waals surface area contributed by atoms with Crippen molar-refractivity contribution in [3.8, 4) is 11.4 Å². The number of esters is 2. The van der Waals surface area contributed by atoms with Crippen molar-refractivity contribution in [2.24, 2.45) is 0 Å². The predicted molar refractivity (Wildman–Crippen MR) is 195 cm³/mol. The number of rotatable bonds is 19. The summed E-state index contributed by atoms with van der Waals surface area (Å²) in [5.74, 6) is 0.269. The van der Waals surface area contributed by atoms with E-state index in [0.29, 0.717) is 50.8 Å². The lowest BCUT2D eigenvalue weighted by Gasteiger charge is -2.35. The van der Waals surface area contributed by atoms with Crippen LogP contribution in [0.3, 0.4) is 0 Å². The summed E-state index contributed by atoms with van der Waals surface area (Å²) in [4.78, 5) is 56.4. The van der Waals surface area contributed by atoms with E-state index in [1.165, 1.54) is 12.2 Å². The van der Waals surface area contributed by atoms with E-state index >= 15 is 0 Å². The van der Waals surface area contributed by atoms with Crippen molar-refractivity contribution >= 4 is 50.6 Å². The zero-order valence-electron chi connectivity index (χ0n) is 29.3. The Morgan fingerprint density at radius 3 is 2.42 bits per heavy atom. The highest BCUT2D eigenvalue weighted by molar-refractivity contribution is 8.77. The minimum Gasteiger partial charge on any atom is -0.463 e. The van der Waals surface area contributed by atoms with Gasteiger partial charge in [-0.05, 0) is 43.9 Å². The molecule has 0 amide bonds. The van der Waals surface area contributed by atoms with Crippen LogP contribution in [0.4, 0.5) is 4.79 Å². The van der Waals surface area contributed by atoms with Gasteiger partial charge in [0.15, 0.2) is 0 Å². The molecular weight excluding hydrogens is 713 g/mol. The average Bonchev–Trinajstić information content (AvgIpc) is 3.80. The summed E-state index contributed by atoms with van der Waals surface area (Å²) in [6.45, 7) is 3.51. The van der Waals surface area contributed by atoms with Crippen LogP contribution in [0.1, 0.15) is 62.1 Å². The normalized spacial score (nSPS) is 18.8. The van der Waals surface area contributed by atoms with E-state index in [2.05, 4.69) is 0 Å². The van der Waals surface area contributed by atoms with E-state index in [1.807, 2.05) is 51.9 Å². The third-order valence-corrected chi connectivity index (χ3v) is 12.2. The van der Waals surface area contributed by atoms with Crippen molar-refractivity contribution in [1.82, 2.24) is 9.55 Å². The summed E-state index contributed by atoms with van der Waals surface area (Å²) < 4.78 is 39.5. The molecule has 1 saturated heterocycles. The maximum Gasteiger partial charge on any atom is 0.509 e. The van der Waals surface area contributed by atoms with Crippen LogP contribution in [0, 0.1) is 0 Å². The van der Waals surface area contributed by atoms with Crippen LogP contribution in [0.2, 0.25) is 0 Å². The van der Waals surface area contributed by atoms with E-state index < -0.39 is 17.7 Å². The van der Waals surface area contributed by atoms with Crippen LogP contribution in [0.25, 0.3) is 22.3 Å². The summed E-state index contributed by atoms with van der Waals surface area (Å²) in [6.07, 6.45) is 3.72. The highest BCUT2D eigenvalue weighted by atomic mass is 33.1. The number of fused-ring (bicyclic) bond motifs is 5. The Kier molecular flexibility index (Phi) is 13.5. The minimum atomic E-state index is -1.86. The molecule has 3 aliphatic rings. The van der Waals surface area contributed by atoms with Crippen molar-refractivity contribution in [2.75, 3.05) is 58.6 Å². The van der Waals surface area contributed by atoms with E-state index in [9.17, 15) is 19.2 Å². The molecule has 3 aliphatic heterocycles. The summed E-state index contributed by atoms with van der Waals surface area (Å²) >= 11 is 0. The number of hydrogen-bond acceptors (Lipinski definition) is 14. The molecule has 1 aromatic carbocycles. The molecule has 0 bridgehead atoms. The van der Waals surface area contributed by atoms with Gasteiger partial charge in [0.2, 0.25) is 5.60 Å². The van der Waals surface area contributed by atoms with Crippen LogP contribution in [0.5, 0.6) is 0 Å². The van der Waals surface area contributed by atoms with Gasteiger partial charge in [0.1, 0.15) is 19.8 Å². The number of cyclic esters (lactones) is 1. The number of hydrogen-bond donors (Lipinski definition) is 0. The topological polar surface area (TPSA) is 151 Å². The summed E-state index contributed by atoms with van der Waals surface area (Å²) in [5.41, 5.74) is 1.20. The van der Waals surface area contributed by atoms with Gasteiger partial charge in [-0.15, -0.1) is 0 Å². The third kappa shape index (κ3) is 9.11. The molecule has 0 radical (unpaired) electrons. The summed E-state index contributed by atoms with van der Waals surface area (Å²) in [7, 11) is 3.90. The predicted octanol–water partition coefficient (Wildman–Crippen LogP) is 5.55. The number of unbranched alkanes of at least 4 members (excludes halogenated alkanes) is 1. The highest BCUT2D eigenvalue weighted by Crippen LogP contribution is 2.41. The number of pyridine rings is 2. The fourth-order valence-corrected chi connectivity index (χ4v) is 9.50. The van der Waals surface area contributed by atoms with Gasteiger partial charge in [-0.1, -0.05) is 53.1 Å². The Balaban J connectivity index is 0.874. The van der Waals surface area contributed by atoms with Crippen LogP contribution in [-0.2, 0) is 61.5 Å².